The maximum Gasteiger partial charge on any atom is 0.258 e. The summed E-state index contributed by atoms with van der Waals surface area (Å²) in [5.41, 5.74) is 0.611. The van der Waals surface area contributed by atoms with E-state index in [4.69, 9.17) is 4.74 Å². The fraction of sp³-hybridized carbons (Fsp3) is 0.826. The first-order chi connectivity index (χ1) is 13.7. The zero-order valence-corrected chi connectivity index (χ0v) is 17.2. The number of carbonyl (C=O) groups is 1. The van der Waals surface area contributed by atoms with Gasteiger partial charge < -0.3 is 10.1 Å². The minimum atomic E-state index is 0.0123. The first-order valence-corrected chi connectivity index (χ1v) is 11.6. The lowest BCUT2D eigenvalue weighted by atomic mass is 9.54. The van der Waals surface area contributed by atoms with Gasteiger partial charge in [-0.25, -0.2) is 4.68 Å². The van der Waals surface area contributed by atoms with Gasteiger partial charge in [0.1, 0.15) is 5.56 Å². The minimum Gasteiger partial charge on any atom is -0.477 e. The summed E-state index contributed by atoms with van der Waals surface area (Å²) in [6.45, 7) is 0.683. The van der Waals surface area contributed by atoms with E-state index in [1.165, 1.54) is 64.2 Å². The molecule has 0 aliphatic heterocycles. The quantitative estimate of drug-likeness (QED) is 0.793. The maximum atomic E-state index is 13.1. The molecule has 1 N–H and O–H groups in total. The van der Waals surface area contributed by atoms with Crippen molar-refractivity contribution in [1.82, 2.24) is 15.1 Å². The SMILES string of the molecule is Cn1ncc(C(=O)NC2C3CC4CC(C3)CC2C4)c1OCCC1CCCCC1. The number of carbonyl (C=O) groups excluding carboxylic acids is 1. The van der Waals surface area contributed by atoms with Gasteiger partial charge in [0.15, 0.2) is 0 Å². The van der Waals surface area contributed by atoms with Gasteiger partial charge in [0.05, 0.1) is 12.8 Å². The summed E-state index contributed by atoms with van der Waals surface area (Å²) >= 11 is 0. The van der Waals surface area contributed by atoms with Gasteiger partial charge in [-0.05, 0) is 68.1 Å². The molecular formula is C23H35N3O2. The Morgan fingerprint density at radius 1 is 1.11 bits per heavy atom. The monoisotopic (exact) mass is 385 g/mol. The zero-order chi connectivity index (χ0) is 19.1. The molecule has 154 valence electrons. The third-order valence-corrected chi connectivity index (χ3v) is 8.14. The summed E-state index contributed by atoms with van der Waals surface area (Å²) in [4.78, 5) is 13.1. The van der Waals surface area contributed by atoms with Gasteiger partial charge in [0, 0.05) is 13.1 Å². The highest BCUT2D eigenvalue weighted by molar-refractivity contribution is 5.96. The molecule has 6 rings (SSSR count). The average molecular weight is 386 g/mol. The van der Waals surface area contributed by atoms with E-state index in [2.05, 4.69) is 10.4 Å². The predicted molar refractivity (Wildman–Crippen MR) is 108 cm³/mol. The Morgan fingerprint density at radius 3 is 2.46 bits per heavy atom. The molecule has 1 heterocycles. The Balaban J connectivity index is 1.21. The number of nitrogens with zero attached hydrogens (tertiary/aromatic N) is 2. The molecule has 5 aliphatic rings. The summed E-state index contributed by atoms with van der Waals surface area (Å²) in [7, 11) is 1.87. The van der Waals surface area contributed by atoms with E-state index in [0.717, 1.165) is 24.2 Å². The first kappa shape index (κ1) is 18.5. The Kier molecular flexibility index (Phi) is 5.10. The van der Waals surface area contributed by atoms with Crippen LogP contribution in [0, 0.1) is 29.6 Å². The number of amides is 1. The van der Waals surface area contributed by atoms with Crippen molar-refractivity contribution in [2.45, 2.75) is 76.7 Å². The van der Waals surface area contributed by atoms with Crippen molar-refractivity contribution < 1.29 is 9.53 Å². The highest BCUT2D eigenvalue weighted by Gasteiger charge is 2.48. The predicted octanol–water partition coefficient (Wildman–Crippen LogP) is 4.32. The lowest BCUT2D eigenvalue weighted by Crippen LogP contribution is -2.55. The van der Waals surface area contributed by atoms with Crippen molar-refractivity contribution in [1.29, 1.82) is 0 Å². The van der Waals surface area contributed by atoms with Crippen molar-refractivity contribution in [3.8, 4) is 5.88 Å². The minimum absolute atomic E-state index is 0.0123. The third kappa shape index (κ3) is 3.57. The molecule has 5 heteroatoms. The Labute approximate surface area is 168 Å². The van der Waals surface area contributed by atoms with Crippen molar-refractivity contribution in [2.24, 2.45) is 36.6 Å². The molecule has 1 amide bonds. The summed E-state index contributed by atoms with van der Waals surface area (Å²) in [5.74, 6) is 4.66. The van der Waals surface area contributed by atoms with E-state index >= 15 is 0 Å². The number of aryl methyl sites for hydroxylation is 1. The Hall–Kier alpha value is -1.52. The van der Waals surface area contributed by atoms with E-state index in [1.807, 2.05) is 7.05 Å². The van der Waals surface area contributed by atoms with E-state index in [-0.39, 0.29) is 5.91 Å². The summed E-state index contributed by atoms with van der Waals surface area (Å²) in [6, 6.07) is 0.357. The van der Waals surface area contributed by atoms with Gasteiger partial charge in [-0.2, -0.15) is 5.10 Å². The van der Waals surface area contributed by atoms with E-state index in [9.17, 15) is 4.79 Å². The molecule has 5 aliphatic carbocycles. The molecule has 0 spiro atoms. The Bertz CT molecular complexity index is 679. The first-order valence-electron chi connectivity index (χ1n) is 11.6. The standard InChI is InChI=1S/C23H35N3O2/c1-26-23(28-8-7-15-5-3-2-4-6-15)20(14-24-26)22(27)25-21-18-10-16-9-17(12-18)13-19(21)11-16/h14-19,21H,2-13H2,1H3,(H,25,27). The van der Waals surface area contributed by atoms with Crippen LogP contribution in [0.25, 0.3) is 0 Å². The lowest BCUT2D eigenvalue weighted by molar-refractivity contribution is -0.0120. The largest absolute Gasteiger partial charge is 0.477 e. The van der Waals surface area contributed by atoms with Crippen LogP contribution in [0.3, 0.4) is 0 Å². The Morgan fingerprint density at radius 2 is 1.79 bits per heavy atom. The van der Waals surface area contributed by atoms with Gasteiger partial charge in [-0.1, -0.05) is 32.1 Å². The van der Waals surface area contributed by atoms with Gasteiger partial charge >= 0.3 is 0 Å². The molecule has 0 aromatic carbocycles. The molecule has 5 nitrogen and oxygen atoms in total. The summed E-state index contributed by atoms with van der Waals surface area (Å²) < 4.78 is 7.79. The van der Waals surface area contributed by atoms with Crippen LogP contribution in [0.4, 0.5) is 0 Å². The van der Waals surface area contributed by atoms with Gasteiger partial charge in [0.25, 0.3) is 5.91 Å². The molecule has 0 saturated heterocycles. The highest BCUT2D eigenvalue weighted by Crippen LogP contribution is 2.53. The molecule has 28 heavy (non-hydrogen) atoms. The highest BCUT2D eigenvalue weighted by atomic mass is 16.5. The number of rotatable bonds is 6. The second kappa shape index (κ2) is 7.72. The fourth-order valence-corrected chi connectivity index (χ4v) is 6.94. The topological polar surface area (TPSA) is 56.2 Å². The molecule has 0 atom stereocenters. The average Bonchev–Trinajstić information content (AvgIpc) is 3.06. The van der Waals surface area contributed by atoms with Crippen LogP contribution >= 0.6 is 0 Å². The van der Waals surface area contributed by atoms with Crippen LogP contribution in [0.1, 0.15) is 81.0 Å². The lowest BCUT2D eigenvalue weighted by Gasteiger charge is -2.54. The molecule has 1 aromatic heterocycles. The van der Waals surface area contributed by atoms with Crippen molar-refractivity contribution in [3.05, 3.63) is 11.8 Å². The molecule has 4 bridgehead atoms. The smallest absolute Gasteiger partial charge is 0.258 e. The number of ether oxygens (including phenoxy) is 1. The number of nitrogens with one attached hydrogen (secondary N) is 1. The zero-order valence-electron chi connectivity index (χ0n) is 17.2. The molecular weight excluding hydrogens is 350 g/mol. The van der Waals surface area contributed by atoms with Crippen molar-refractivity contribution in [3.63, 3.8) is 0 Å². The van der Waals surface area contributed by atoms with Crippen LogP contribution in [-0.2, 0) is 7.05 Å². The number of hydrogen-bond acceptors (Lipinski definition) is 3. The van der Waals surface area contributed by atoms with Gasteiger partial charge in [-0.15, -0.1) is 0 Å². The molecule has 5 saturated carbocycles. The maximum absolute atomic E-state index is 13.1. The van der Waals surface area contributed by atoms with E-state index < -0.39 is 0 Å². The van der Waals surface area contributed by atoms with Crippen LogP contribution in [-0.4, -0.2) is 28.3 Å². The second-order valence-electron chi connectivity index (χ2n) is 10.1. The van der Waals surface area contributed by atoms with Gasteiger partial charge in [-0.3, -0.25) is 4.79 Å². The number of aromatic nitrogens is 2. The fourth-order valence-electron chi connectivity index (χ4n) is 6.94. The number of hydrogen-bond donors (Lipinski definition) is 1. The molecule has 1 aromatic rings. The molecule has 0 unspecified atom stereocenters. The van der Waals surface area contributed by atoms with E-state index in [0.29, 0.717) is 35.9 Å². The second-order valence-corrected chi connectivity index (χ2v) is 10.1. The summed E-state index contributed by atoms with van der Waals surface area (Å²) in [6.07, 6.45) is 16.2. The summed E-state index contributed by atoms with van der Waals surface area (Å²) in [5, 5.41) is 7.72. The molecule has 0 radical (unpaired) electrons. The van der Waals surface area contributed by atoms with Crippen LogP contribution in [0.15, 0.2) is 6.20 Å². The normalized spacial score (nSPS) is 34.5. The van der Waals surface area contributed by atoms with Crippen molar-refractivity contribution >= 4 is 5.91 Å². The van der Waals surface area contributed by atoms with Gasteiger partial charge in [0.2, 0.25) is 5.88 Å². The van der Waals surface area contributed by atoms with Crippen LogP contribution in [0.5, 0.6) is 5.88 Å². The third-order valence-electron chi connectivity index (χ3n) is 8.14. The van der Waals surface area contributed by atoms with Crippen LogP contribution < -0.4 is 10.1 Å². The van der Waals surface area contributed by atoms with Crippen molar-refractivity contribution in [2.75, 3.05) is 6.61 Å². The van der Waals surface area contributed by atoms with Crippen LogP contribution in [0.2, 0.25) is 0 Å². The molecule has 5 fully saturated rings. The van der Waals surface area contributed by atoms with E-state index in [1.54, 1.807) is 10.9 Å².